The van der Waals surface area contributed by atoms with Gasteiger partial charge in [0.15, 0.2) is 0 Å². The summed E-state index contributed by atoms with van der Waals surface area (Å²) in [4.78, 5) is 4.52. The van der Waals surface area contributed by atoms with E-state index >= 15 is 0 Å². The maximum absolute atomic E-state index is 5.47. The number of nitrogens with one attached hydrogen (secondary N) is 1. The van der Waals surface area contributed by atoms with Gasteiger partial charge in [0.2, 0.25) is 0 Å². The van der Waals surface area contributed by atoms with Gasteiger partial charge in [-0.1, -0.05) is 28.1 Å². The van der Waals surface area contributed by atoms with Crippen LogP contribution in [0.15, 0.2) is 33.7 Å². The van der Waals surface area contributed by atoms with Gasteiger partial charge in [0.25, 0.3) is 0 Å². The summed E-state index contributed by atoms with van der Waals surface area (Å²) >= 11 is 3.44. The molecule has 0 aliphatic heterocycles. The molecule has 16 heavy (non-hydrogen) atoms. The van der Waals surface area contributed by atoms with Crippen molar-refractivity contribution >= 4 is 21.8 Å². The van der Waals surface area contributed by atoms with Crippen LogP contribution < -0.4 is 11.3 Å². The Balaban J connectivity index is 2.82. The molecule has 0 radical (unpaired) electrons. The van der Waals surface area contributed by atoms with Crippen LogP contribution in [0, 0.1) is 0 Å². The lowest BCUT2D eigenvalue weighted by Crippen LogP contribution is -2.34. The minimum absolute atomic E-state index is 0.117. The maximum Gasteiger partial charge on any atom is 0.115 e. The van der Waals surface area contributed by atoms with Crippen molar-refractivity contribution < 1.29 is 0 Å². The number of nitrogens with two attached hydrogens (primary N) is 1. The Hall–Kier alpha value is -0.870. The van der Waals surface area contributed by atoms with Crippen molar-refractivity contribution in [3.8, 4) is 0 Å². The maximum atomic E-state index is 5.47. The minimum Gasteiger partial charge on any atom is -0.312 e. The van der Waals surface area contributed by atoms with Crippen LogP contribution in [0.2, 0.25) is 0 Å². The zero-order chi connectivity index (χ0) is 12.2. The van der Waals surface area contributed by atoms with E-state index in [1.54, 1.807) is 0 Å². The Labute approximate surface area is 105 Å². The van der Waals surface area contributed by atoms with Crippen molar-refractivity contribution in [2.45, 2.75) is 32.7 Å². The Bertz CT molecular complexity index is 380. The van der Waals surface area contributed by atoms with E-state index in [9.17, 15) is 0 Å². The van der Waals surface area contributed by atoms with E-state index in [0.717, 1.165) is 10.3 Å². The minimum atomic E-state index is -0.117. The fourth-order valence-corrected chi connectivity index (χ4v) is 1.81. The Kier molecular flexibility index (Phi) is 4.50. The lowest BCUT2D eigenvalue weighted by molar-refractivity contribution is 0.578. The number of halogens is 1. The third-order valence-electron chi connectivity index (χ3n) is 1.90. The number of hydrazine groups is 1. The van der Waals surface area contributed by atoms with Crippen LogP contribution in [0.5, 0.6) is 0 Å². The van der Waals surface area contributed by atoms with Crippen LogP contribution in [0.4, 0.5) is 0 Å². The van der Waals surface area contributed by atoms with Crippen molar-refractivity contribution in [1.29, 1.82) is 0 Å². The van der Waals surface area contributed by atoms with Crippen LogP contribution >= 0.6 is 15.9 Å². The number of benzene rings is 1. The van der Waals surface area contributed by atoms with Gasteiger partial charge in [-0.25, -0.2) is 5.84 Å². The lowest BCUT2D eigenvalue weighted by Gasteiger charge is -2.15. The van der Waals surface area contributed by atoms with E-state index < -0.39 is 0 Å². The molecule has 88 valence electrons. The van der Waals surface area contributed by atoms with Crippen molar-refractivity contribution in [2.24, 2.45) is 10.8 Å². The highest BCUT2D eigenvalue weighted by molar-refractivity contribution is 9.10. The summed E-state index contributed by atoms with van der Waals surface area (Å²) in [6.45, 7) is 6.14. The molecule has 0 aliphatic carbocycles. The summed E-state index contributed by atoms with van der Waals surface area (Å²) in [6, 6.07) is 8.13. The van der Waals surface area contributed by atoms with Crippen LogP contribution in [0.1, 0.15) is 26.3 Å². The van der Waals surface area contributed by atoms with Gasteiger partial charge >= 0.3 is 0 Å². The van der Waals surface area contributed by atoms with Gasteiger partial charge < -0.3 is 5.43 Å². The molecule has 0 atom stereocenters. The standard InChI is InChI=1S/C12H18BrN3/c1-12(2,3)15-11(16-14)8-9-5-4-6-10(13)7-9/h4-7H,8,14H2,1-3H3,(H,15,16). The highest BCUT2D eigenvalue weighted by Gasteiger charge is 2.09. The van der Waals surface area contributed by atoms with Gasteiger partial charge in [0.05, 0.1) is 5.54 Å². The zero-order valence-corrected chi connectivity index (χ0v) is 11.5. The second-order valence-electron chi connectivity index (χ2n) is 4.68. The number of nitrogens with zero attached hydrogens (tertiary/aromatic N) is 1. The second kappa shape index (κ2) is 5.46. The molecule has 0 bridgehead atoms. The Morgan fingerprint density at radius 2 is 2.12 bits per heavy atom. The van der Waals surface area contributed by atoms with Crippen molar-refractivity contribution in [3.05, 3.63) is 34.3 Å². The Morgan fingerprint density at radius 1 is 1.44 bits per heavy atom. The van der Waals surface area contributed by atoms with E-state index in [4.69, 9.17) is 5.84 Å². The summed E-state index contributed by atoms with van der Waals surface area (Å²) in [5.41, 5.74) is 3.72. The Morgan fingerprint density at radius 3 is 2.62 bits per heavy atom. The molecule has 0 unspecified atom stereocenters. The molecule has 3 N–H and O–H groups in total. The topological polar surface area (TPSA) is 50.4 Å². The second-order valence-corrected chi connectivity index (χ2v) is 5.60. The molecule has 0 saturated carbocycles. The molecule has 0 saturated heterocycles. The molecule has 0 heterocycles. The van der Waals surface area contributed by atoms with E-state index in [-0.39, 0.29) is 5.54 Å². The SMILES string of the molecule is CC(C)(C)N=C(Cc1cccc(Br)c1)NN. The van der Waals surface area contributed by atoms with Gasteiger partial charge in [0.1, 0.15) is 5.84 Å². The summed E-state index contributed by atoms with van der Waals surface area (Å²) < 4.78 is 1.07. The molecule has 0 fully saturated rings. The number of amidine groups is 1. The third kappa shape index (κ3) is 4.77. The van der Waals surface area contributed by atoms with Crippen LogP contribution in [0.3, 0.4) is 0 Å². The average Bonchev–Trinajstić information content (AvgIpc) is 2.14. The molecule has 1 aromatic carbocycles. The monoisotopic (exact) mass is 283 g/mol. The number of rotatable bonds is 2. The normalized spacial score (nSPS) is 12.7. The summed E-state index contributed by atoms with van der Waals surface area (Å²) in [5, 5.41) is 0. The highest BCUT2D eigenvalue weighted by atomic mass is 79.9. The molecule has 3 nitrogen and oxygen atoms in total. The van der Waals surface area contributed by atoms with Crippen LogP contribution in [-0.4, -0.2) is 11.4 Å². The molecule has 0 amide bonds. The lowest BCUT2D eigenvalue weighted by atomic mass is 10.1. The summed E-state index contributed by atoms with van der Waals surface area (Å²) in [7, 11) is 0. The molecular formula is C12H18BrN3. The molecule has 1 rings (SSSR count). The van der Waals surface area contributed by atoms with Gasteiger partial charge in [-0.15, -0.1) is 0 Å². The van der Waals surface area contributed by atoms with E-state index in [2.05, 4.69) is 38.5 Å². The van der Waals surface area contributed by atoms with E-state index in [1.807, 2.05) is 32.9 Å². The molecule has 0 aromatic heterocycles. The van der Waals surface area contributed by atoms with Crippen molar-refractivity contribution in [3.63, 3.8) is 0 Å². The fourth-order valence-electron chi connectivity index (χ4n) is 1.37. The van der Waals surface area contributed by atoms with Gasteiger partial charge in [0, 0.05) is 10.9 Å². The number of hydrogen-bond donors (Lipinski definition) is 2. The predicted molar refractivity (Wildman–Crippen MR) is 72.4 cm³/mol. The molecular weight excluding hydrogens is 266 g/mol. The smallest absolute Gasteiger partial charge is 0.115 e. The summed E-state index contributed by atoms with van der Waals surface area (Å²) in [6.07, 6.45) is 0.715. The van der Waals surface area contributed by atoms with Gasteiger partial charge in [-0.2, -0.15) is 0 Å². The van der Waals surface area contributed by atoms with E-state index in [0.29, 0.717) is 6.42 Å². The average molecular weight is 284 g/mol. The third-order valence-corrected chi connectivity index (χ3v) is 2.39. The molecule has 4 heteroatoms. The summed E-state index contributed by atoms with van der Waals surface area (Å²) in [5.74, 6) is 6.27. The number of hydrogen-bond acceptors (Lipinski definition) is 2. The highest BCUT2D eigenvalue weighted by Crippen LogP contribution is 2.13. The molecule has 0 spiro atoms. The van der Waals surface area contributed by atoms with E-state index in [1.165, 1.54) is 5.56 Å². The largest absolute Gasteiger partial charge is 0.312 e. The first-order valence-electron chi connectivity index (χ1n) is 5.20. The predicted octanol–water partition coefficient (Wildman–Crippen LogP) is 2.65. The first kappa shape index (κ1) is 13.2. The van der Waals surface area contributed by atoms with Crippen LogP contribution in [-0.2, 0) is 6.42 Å². The number of aliphatic imine (C=N–C) groups is 1. The molecule has 0 aliphatic rings. The first-order valence-corrected chi connectivity index (χ1v) is 6.00. The van der Waals surface area contributed by atoms with Crippen molar-refractivity contribution in [1.82, 2.24) is 5.43 Å². The quantitative estimate of drug-likeness (QED) is 0.379. The zero-order valence-electron chi connectivity index (χ0n) is 9.92. The van der Waals surface area contributed by atoms with Gasteiger partial charge in [-0.05, 0) is 38.5 Å². The molecule has 1 aromatic rings. The fraction of sp³-hybridized carbons (Fsp3) is 0.417. The van der Waals surface area contributed by atoms with Crippen molar-refractivity contribution in [2.75, 3.05) is 0 Å². The van der Waals surface area contributed by atoms with Crippen LogP contribution in [0.25, 0.3) is 0 Å². The first-order chi connectivity index (χ1) is 7.40. The van der Waals surface area contributed by atoms with Gasteiger partial charge in [-0.3, -0.25) is 4.99 Å².